The molecule has 0 fully saturated rings. The van der Waals surface area contributed by atoms with Crippen LogP contribution in [0.1, 0.15) is 16.0 Å². The van der Waals surface area contributed by atoms with Crippen molar-refractivity contribution in [2.24, 2.45) is 0 Å². The number of thiophene rings is 1. The molecular weight excluding hydrogens is 328 g/mol. The van der Waals surface area contributed by atoms with Crippen molar-refractivity contribution in [3.8, 4) is 10.6 Å². The number of carbonyl (C=O) groups is 1. The summed E-state index contributed by atoms with van der Waals surface area (Å²) >= 11 is 2.90. The summed E-state index contributed by atoms with van der Waals surface area (Å²) in [5, 5.41) is 16.9. The second-order valence-corrected chi connectivity index (χ2v) is 7.27. The van der Waals surface area contributed by atoms with Crippen LogP contribution in [0.3, 0.4) is 0 Å². The summed E-state index contributed by atoms with van der Waals surface area (Å²) in [5.41, 5.74) is 4.09. The molecule has 1 aromatic carbocycles. The number of rotatable bonds is 5. The molecule has 0 unspecified atom stereocenters. The highest BCUT2D eigenvalue weighted by atomic mass is 32.1. The van der Waals surface area contributed by atoms with Gasteiger partial charge >= 0.3 is 0 Å². The number of anilines is 2. The number of thiazole rings is 1. The zero-order valence-electron chi connectivity index (χ0n) is 12.8. The van der Waals surface area contributed by atoms with Crippen molar-refractivity contribution in [2.45, 2.75) is 20.3 Å². The third-order valence-corrected chi connectivity index (χ3v) is 5.36. The maximum absolute atomic E-state index is 11.0. The van der Waals surface area contributed by atoms with Crippen molar-refractivity contribution in [1.82, 2.24) is 4.98 Å². The molecule has 0 aliphatic rings. The van der Waals surface area contributed by atoms with Crippen molar-refractivity contribution < 1.29 is 9.90 Å². The van der Waals surface area contributed by atoms with Crippen molar-refractivity contribution >= 4 is 39.5 Å². The molecule has 3 aromatic rings. The summed E-state index contributed by atoms with van der Waals surface area (Å²) in [6.45, 7) is 4.12. The minimum absolute atomic E-state index is 0.125. The lowest BCUT2D eigenvalue weighted by atomic mass is 10.1. The lowest BCUT2D eigenvalue weighted by Crippen LogP contribution is -2.24. The Bertz CT molecular complexity index is 838. The number of nitrogens with one attached hydrogen (secondary N) is 1. The second kappa shape index (κ2) is 6.52. The maximum Gasteiger partial charge on any atom is 0.188 e. The monoisotopic (exact) mass is 343 g/mol. The van der Waals surface area contributed by atoms with Gasteiger partial charge in [0.1, 0.15) is 0 Å². The van der Waals surface area contributed by atoms with Gasteiger partial charge < -0.3 is 15.2 Å². The van der Waals surface area contributed by atoms with Crippen LogP contribution < -0.4 is 10.4 Å². The first-order valence-electron chi connectivity index (χ1n) is 7.10. The fraction of sp³-hybridized carbons (Fsp3) is 0.176. The Labute approximate surface area is 142 Å². The summed E-state index contributed by atoms with van der Waals surface area (Å²) in [4.78, 5) is 17.2. The van der Waals surface area contributed by atoms with Crippen LogP contribution in [0.5, 0.6) is 0 Å². The molecule has 0 aliphatic carbocycles. The SMILES string of the molecule is Cc1ccc(Nc2nc(-c3cccs3)c(CC(=O)[O-])s2)cc1C. The van der Waals surface area contributed by atoms with Gasteiger partial charge in [0.05, 0.1) is 10.6 Å². The minimum atomic E-state index is -1.09. The highest BCUT2D eigenvalue weighted by Gasteiger charge is 2.14. The summed E-state index contributed by atoms with van der Waals surface area (Å²) < 4.78 is 0. The van der Waals surface area contributed by atoms with E-state index in [-0.39, 0.29) is 6.42 Å². The summed E-state index contributed by atoms with van der Waals surface area (Å²) in [6, 6.07) is 9.97. The van der Waals surface area contributed by atoms with Crippen LogP contribution in [0.2, 0.25) is 0 Å². The van der Waals surface area contributed by atoms with Crippen LogP contribution >= 0.6 is 22.7 Å². The molecule has 0 saturated heterocycles. The first-order valence-corrected chi connectivity index (χ1v) is 8.80. The zero-order valence-corrected chi connectivity index (χ0v) is 14.4. The van der Waals surface area contributed by atoms with E-state index in [9.17, 15) is 9.90 Å². The lowest BCUT2D eigenvalue weighted by Gasteiger charge is -2.05. The molecule has 118 valence electrons. The van der Waals surface area contributed by atoms with Gasteiger partial charge in [-0.3, -0.25) is 0 Å². The molecule has 23 heavy (non-hydrogen) atoms. The van der Waals surface area contributed by atoms with Gasteiger partial charge in [-0.15, -0.1) is 22.7 Å². The van der Waals surface area contributed by atoms with Crippen LogP contribution in [-0.2, 0) is 11.2 Å². The molecule has 0 amide bonds. The molecular formula is C17H15N2O2S2-. The van der Waals surface area contributed by atoms with Gasteiger partial charge in [0.2, 0.25) is 0 Å². The third kappa shape index (κ3) is 3.60. The van der Waals surface area contributed by atoms with Crippen molar-refractivity contribution in [2.75, 3.05) is 5.32 Å². The molecule has 4 nitrogen and oxygen atoms in total. The van der Waals surface area contributed by atoms with E-state index in [0.29, 0.717) is 10.0 Å². The number of hydrogen-bond acceptors (Lipinski definition) is 6. The van der Waals surface area contributed by atoms with E-state index >= 15 is 0 Å². The standard InChI is InChI=1S/C17H16N2O2S2/c1-10-5-6-12(8-11(10)2)18-17-19-16(13-4-3-7-22-13)14(23-17)9-15(20)21/h3-8H,9H2,1-2H3,(H,18,19)(H,20,21)/p-1. The first-order chi connectivity index (χ1) is 11.0. The van der Waals surface area contributed by atoms with Crippen LogP contribution in [0.25, 0.3) is 10.6 Å². The molecule has 1 N–H and O–H groups in total. The van der Waals surface area contributed by atoms with Gasteiger partial charge in [-0.2, -0.15) is 0 Å². The number of aromatic nitrogens is 1. The van der Waals surface area contributed by atoms with E-state index in [0.717, 1.165) is 16.3 Å². The second-order valence-electron chi connectivity index (χ2n) is 5.24. The van der Waals surface area contributed by atoms with Gasteiger partial charge in [0, 0.05) is 23.0 Å². The van der Waals surface area contributed by atoms with Crippen LogP contribution in [0.15, 0.2) is 35.7 Å². The maximum atomic E-state index is 11.0. The topological polar surface area (TPSA) is 65.0 Å². The Hall–Kier alpha value is -2.18. The summed E-state index contributed by atoms with van der Waals surface area (Å²) in [6.07, 6.45) is -0.125. The largest absolute Gasteiger partial charge is 0.550 e. The fourth-order valence-electron chi connectivity index (χ4n) is 2.20. The van der Waals surface area contributed by atoms with Crippen molar-refractivity contribution in [1.29, 1.82) is 0 Å². The molecule has 0 saturated carbocycles. The highest BCUT2D eigenvalue weighted by Crippen LogP contribution is 2.35. The average molecular weight is 343 g/mol. The smallest absolute Gasteiger partial charge is 0.188 e. The summed E-state index contributed by atoms with van der Waals surface area (Å²) in [5.74, 6) is -1.09. The molecule has 2 aromatic heterocycles. The molecule has 0 radical (unpaired) electrons. The predicted molar refractivity (Wildman–Crippen MR) is 93.3 cm³/mol. The molecule has 3 rings (SSSR count). The predicted octanol–water partition coefficient (Wildman–Crippen LogP) is 3.52. The van der Waals surface area contributed by atoms with Gasteiger partial charge in [-0.05, 0) is 48.6 Å². The molecule has 2 heterocycles. The number of carbonyl (C=O) groups excluding carboxylic acids is 1. The number of benzene rings is 1. The van der Waals surface area contributed by atoms with Gasteiger partial charge in [0.25, 0.3) is 0 Å². The number of carboxylic acids is 1. The van der Waals surface area contributed by atoms with Crippen LogP contribution in [-0.4, -0.2) is 11.0 Å². The molecule has 0 aliphatic heterocycles. The Morgan fingerprint density at radius 2 is 2.09 bits per heavy atom. The third-order valence-electron chi connectivity index (χ3n) is 3.51. The quantitative estimate of drug-likeness (QED) is 0.770. The van der Waals surface area contributed by atoms with Crippen LogP contribution in [0, 0.1) is 13.8 Å². The Balaban J connectivity index is 1.93. The number of hydrogen-bond donors (Lipinski definition) is 1. The number of carboxylic acid groups (broad SMARTS) is 1. The Morgan fingerprint density at radius 1 is 1.26 bits per heavy atom. The van der Waals surface area contributed by atoms with E-state index in [4.69, 9.17) is 0 Å². The van der Waals surface area contributed by atoms with Gasteiger partial charge in [-0.1, -0.05) is 12.1 Å². The highest BCUT2D eigenvalue weighted by molar-refractivity contribution is 7.17. The van der Waals surface area contributed by atoms with Crippen LogP contribution in [0.4, 0.5) is 10.8 Å². The van der Waals surface area contributed by atoms with E-state index in [1.165, 1.54) is 22.5 Å². The van der Waals surface area contributed by atoms with E-state index in [2.05, 4.69) is 30.2 Å². The number of aryl methyl sites for hydroxylation is 2. The zero-order chi connectivity index (χ0) is 16.4. The average Bonchev–Trinajstić information content (AvgIpc) is 3.12. The lowest BCUT2D eigenvalue weighted by molar-refractivity contribution is -0.304. The Morgan fingerprint density at radius 3 is 2.74 bits per heavy atom. The van der Waals surface area contributed by atoms with Gasteiger partial charge in [0.15, 0.2) is 5.13 Å². The molecule has 0 atom stereocenters. The summed E-state index contributed by atoms with van der Waals surface area (Å²) in [7, 11) is 0. The molecule has 6 heteroatoms. The van der Waals surface area contributed by atoms with E-state index in [1.54, 1.807) is 11.3 Å². The number of nitrogens with zero attached hydrogens (tertiary/aromatic N) is 1. The normalized spacial score (nSPS) is 10.7. The molecule has 0 bridgehead atoms. The van der Waals surface area contributed by atoms with Crippen molar-refractivity contribution in [3.05, 3.63) is 51.7 Å². The fourth-order valence-corrected chi connectivity index (χ4v) is 3.99. The van der Waals surface area contributed by atoms with Crippen molar-refractivity contribution in [3.63, 3.8) is 0 Å². The minimum Gasteiger partial charge on any atom is -0.550 e. The van der Waals surface area contributed by atoms with E-state index < -0.39 is 5.97 Å². The first kappa shape index (κ1) is 15.7. The van der Waals surface area contributed by atoms with E-state index in [1.807, 2.05) is 29.6 Å². The molecule has 0 spiro atoms. The van der Waals surface area contributed by atoms with Gasteiger partial charge in [-0.25, -0.2) is 4.98 Å². The Kier molecular flexibility index (Phi) is 4.45. The number of aliphatic carboxylic acids is 1.